The van der Waals surface area contributed by atoms with Crippen LogP contribution in [-0.4, -0.2) is 24.8 Å². The van der Waals surface area contributed by atoms with Crippen LogP contribution in [0.4, 0.5) is 0 Å². The molecule has 15 heavy (non-hydrogen) atoms. The Bertz CT molecular complexity index is 246. The summed E-state index contributed by atoms with van der Waals surface area (Å²) in [5, 5.41) is 2.85. The van der Waals surface area contributed by atoms with Crippen molar-refractivity contribution in [2.24, 2.45) is 0 Å². The van der Waals surface area contributed by atoms with Crippen LogP contribution in [0, 0.1) is 0 Å². The van der Waals surface area contributed by atoms with Gasteiger partial charge in [0.2, 0.25) is 5.91 Å². The lowest BCUT2D eigenvalue weighted by Crippen LogP contribution is -2.24. The molecule has 0 aromatic carbocycles. The molecule has 0 aromatic heterocycles. The highest BCUT2D eigenvalue weighted by Gasteiger charge is 2.18. The van der Waals surface area contributed by atoms with Crippen LogP contribution in [0.3, 0.4) is 0 Å². The highest BCUT2D eigenvalue weighted by Crippen LogP contribution is 2.14. The molecule has 0 saturated carbocycles. The third-order valence-electron chi connectivity index (χ3n) is 2.71. The van der Waals surface area contributed by atoms with Gasteiger partial charge >= 0.3 is 0 Å². The molecule has 1 N–H and O–H groups in total. The fraction of sp³-hybridized carbons (Fsp3) is 0.727. The van der Waals surface area contributed by atoms with Gasteiger partial charge in [-0.3, -0.25) is 4.79 Å². The van der Waals surface area contributed by atoms with Crippen molar-refractivity contribution in [3.05, 3.63) is 12.3 Å². The maximum Gasteiger partial charge on any atom is 0.220 e. The highest BCUT2D eigenvalue weighted by atomic mass is 16.7. The molecule has 1 unspecified atom stereocenters. The maximum absolute atomic E-state index is 10.9. The van der Waals surface area contributed by atoms with Gasteiger partial charge in [0.25, 0.3) is 0 Å². The third kappa shape index (κ3) is 3.23. The number of carbonyl (C=O) groups excluding carboxylic acids is 1. The number of ether oxygens (including phenoxy) is 2. The van der Waals surface area contributed by atoms with Crippen molar-refractivity contribution in [3.8, 4) is 0 Å². The SMILES string of the molecule is O=C1CC[C@@H](/C=C/OC2CCCCO2)N1. The van der Waals surface area contributed by atoms with Crippen molar-refractivity contribution in [1.29, 1.82) is 0 Å². The molecule has 0 bridgehead atoms. The van der Waals surface area contributed by atoms with Crippen LogP contribution in [-0.2, 0) is 14.3 Å². The molecule has 0 aliphatic carbocycles. The Labute approximate surface area is 89.6 Å². The van der Waals surface area contributed by atoms with Crippen molar-refractivity contribution < 1.29 is 14.3 Å². The molecular weight excluding hydrogens is 194 g/mol. The quantitative estimate of drug-likeness (QED) is 0.716. The van der Waals surface area contributed by atoms with Gasteiger partial charge in [-0.05, 0) is 25.3 Å². The number of carbonyl (C=O) groups is 1. The molecule has 84 valence electrons. The van der Waals surface area contributed by atoms with E-state index in [1.54, 1.807) is 6.26 Å². The zero-order valence-corrected chi connectivity index (χ0v) is 8.78. The predicted molar refractivity (Wildman–Crippen MR) is 55.0 cm³/mol. The first-order valence-electron chi connectivity index (χ1n) is 5.58. The van der Waals surface area contributed by atoms with E-state index in [4.69, 9.17) is 9.47 Å². The Morgan fingerprint density at radius 2 is 2.33 bits per heavy atom. The molecule has 2 aliphatic heterocycles. The Balaban J connectivity index is 1.67. The first kappa shape index (κ1) is 10.5. The monoisotopic (exact) mass is 211 g/mol. The van der Waals surface area contributed by atoms with Crippen molar-refractivity contribution in [1.82, 2.24) is 5.32 Å². The summed E-state index contributed by atoms with van der Waals surface area (Å²) < 4.78 is 10.8. The summed E-state index contributed by atoms with van der Waals surface area (Å²) in [5.41, 5.74) is 0. The number of nitrogens with one attached hydrogen (secondary N) is 1. The van der Waals surface area contributed by atoms with Gasteiger partial charge in [0.15, 0.2) is 6.29 Å². The molecular formula is C11H17NO3. The molecule has 4 nitrogen and oxygen atoms in total. The molecule has 0 spiro atoms. The molecule has 2 saturated heterocycles. The summed E-state index contributed by atoms with van der Waals surface area (Å²) in [6, 6.07) is 0.140. The Morgan fingerprint density at radius 3 is 3.00 bits per heavy atom. The average Bonchev–Trinajstić information content (AvgIpc) is 2.66. The minimum atomic E-state index is -0.0906. The van der Waals surface area contributed by atoms with E-state index in [1.165, 1.54) is 6.42 Å². The first-order valence-corrected chi connectivity index (χ1v) is 5.58. The molecule has 2 heterocycles. The summed E-state index contributed by atoms with van der Waals surface area (Å²) in [6.07, 6.45) is 8.20. The van der Waals surface area contributed by atoms with E-state index in [0.29, 0.717) is 6.42 Å². The van der Waals surface area contributed by atoms with Gasteiger partial charge in [0.1, 0.15) is 0 Å². The summed E-state index contributed by atoms with van der Waals surface area (Å²) >= 11 is 0. The first-order chi connectivity index (χ1) is 7.34. The predicted octanol–water partition coefficient (Wildman–Crippen LogP) is 1.32. The molecule has 2 atom stereocenters. The van der Waals surface area contributed by atoms with E-state index in [1.807, 2.05) is 6.08 Å². The molecule has 1 amide bonds. The molecule has 4 heteroatoms. The van der Waals surface area contributed by atoms with E-state index in [2.05, 4.69) is 5.32 Å². The van der Waals surface area contributed by atoms with Gasteiger partial charge in [0, 0.05) is 12.8 Å². The summed E-state index contributed by atoms with van der Waals surface area (Å²) in [7, 11) is 0. The van der Waals surface area contributed by atoms with E-state index in [9.17, 15) is 4.79 Å². The van der Waals surface area contributed by atoms with Crippen LogP contribution in [0.1, 0.15) is 32.1 Å². The lowest BCUT2D eigenvalue weighted by atomic mass is 10.2. The maximum atomic E-state index is 10.9. The average molecular weight is 211 g/mol. The van der Waals surface area contributed by atoms with E-state index < -0.39 is 0 Å². The third-order valence-corrected chi connectivity index (χ3v) is 2.71. The summed E-state index contributed by atoms with van der Waals surface area (Å²) in [5.74, 6) is 0.124. The minimum Gasteiger partial charge on any atom is -0.473 e. The van der Waals surface area contributed by atoms with Crippen molar-refractivity contribution in [2.45, 2.75) is 44.4 Å². The fourth-order valence-corrected chi connectivity index (χ4v) is 1.83. The van der Waals surface area contributed by atoms with Gasteiger partial charge in [-0.2, -0.15) is 0 Å². The lowest BCUT2D eigenvalue weighted by molar-refractivity contribution is -0.129. The van der Waals surface area contributed by atoms with Crippen LogP contribution in [0.5, 0.6) is 0 Å². The van der Waals surface area contributed by atoms with Gasteiger partial charge in [-0.1, -0.05) is 0 Å². The van der Waals surface area contributed by atoms with Crippen LogP contribution in [0.25, 0.3) is 0 Å². The Hall–Kier alpha value is -1.03. The summed E-state index contributed by atoms with van der Waals surface area (Å²) in [6.45, 7) is 0.790. The largest absolute Gasteiger partial charge is 0.473 e. The second-order valence-electron chi connectivity index (χ2n) is 3.97. The van der Waals surface area contributed by atoms with Gasteiger partial charge in [-0.25, -0.2) is 0 Å². The number of amides is 1. The van der Waals surface area contributed by atoms with Gasteiger partial charge < -0.3 is 14.8 Å². The van der Waals surface area contributed by atoms with Crippen LogP contribution < -0.4 is 5.32 Å². The van der Waals surface area contributed by atoms with Crippen LogP contribution >= 0.6 is 0 Å². The van der Waals surface area contributed by atoms with Gasteiger partial charge in [-0.15, -0.1) is 0 Å². The molecule has 0 radical (unpaired) electrons. The topological polar surface area (TPSA) is 47.6 Å². The summed E-state index contributed by atoms with van der Waals surface area (Å²) in [4.78, 5) is 10.9. The van der Waals surface area contributed by atoms with Gasteiger partial charge in [0.05, 0.1) is 18.9 Å². The number of hydrogen-bond donors (Lipinski definition) is 1. The van der Waals surface area contributed by atoms with E-state index in [0.717, 1.165) is 25.9 Å². The molecule has 0 aromatic rings. The smallest absolute Gasteiger partial charge is 0.220 e. The second-order valence-corrected chi connectivity index (χ2v) is 3.97. The van der Waals surface area contributed by atoms with E-state index >= 15 is 0 Å². The normalized spacial score (nSPS) is 31.9. The Kier molecular flexibility index (Phi) is 3.61. The Morgan fingerprint density at radius 1 is 1.40 bits per heavy atom. The fourth-order valence-electron chi connectivity index (χ4n) is 1.83. The molecule has 2 aliphatic rings. The zero-order chi connectivity index (χ0) is 10.5. The van der Waals surface area contributed by atoms with Crippen molar-refractivity contribution in [2.75, 3.05) is 6.61 Å². The van der Waals surface area contributed by atoms with E-state index in [-0.39, 0.29) is 18.2 Å². The molecule has 2 fully saturated rings. The zero-order valence-electron chi connectivity index (χ0n) is 8.78. The molecule has 2 rings (SSSR count). The standard InChI is InChI=1S/C11H17NO3/c13-10-5-4-9(12-10)6-8-15-11-3-1-2-7-14-11/h6,8-9,11H,1-5,7H2,(H,12,13)/b8-6+/t9-,11?/m0/s1. The minimum absolute atomic E-state index is 0.0906. The van der Waals surface area contributed by atoms with Crippen molar-refractivity contribution in [3.63, 3.8) is 0 Å². The lowest BCUT2D eigenvalue weighted by Gasteiger charge is -2.21. The van der Waals surface area contributed by atoms with Crippen LogP contribution in [0.15, 0.2) is 12.3 Å². The number of rotatable bonds is 3. The number of hydrogen-bond acceptors (Lipinski definition) is 3. The van der Waals surface area contributed by atoms with Crippen LogP contribution in [0.2, 0.25) is 0 Å². The van der Waals surface area contributed by atoms with Crippen molar-refractivity contribution >= 4 is 5.91 Å². The highest BCUT2D eigenvalue weighted by molar-refractivity contribution is 5.78. The second kappa shape index (κ2) is 5.16.